The Kier molecular flexibility index (Phi) is 8.94. The fourth-order valence-corrected chi connectivity index (χ4v) is 3.85. The molecule has 0 aliphatic carbocycles. The Balaban J connectivity index is 1.50. The van der Waals surface area contributed by atoms with Gasteiger partial charge in [-0.2, -0.15) is 0 Å². The van der Waals surface area contributed by atoms with Gasteiger partial charge in [0, 0.05) is 22.7 Å². The summed E-state index contributed by atoms with van der Waals surface area (Å²) in [6.45, 7) is 4.76. The van der Waals surface area contributed by atoms with Crippen LogP contribution in [0.2, 0.25) is 0 Å². The SMILES string of the molecule is CCOc1ccc(NC(=O)CN(C)CC(=O)Nc2nc(-c3ccc(F)cc3)cs2)cc1OCC. The molecular weight excluding hydrogens is 459 g/mol. The van der Waals surface area contributed by atoms with E-state index in [-0.39, 0.29) is 30.7 Å². The van der Waals surface area contributed by atoms with E-state index in [1.807, 2.05) is 13.8 Å². The third kappa shape index (κ3) is 7.26. The van der Waals surface area contributed by atoms with Crippen molar-refractivity contribution in [3.8, 4) is 22.8 Å². The number of nitrogens with zero attached hydrogens (tertiary/aromatic N) is 2. The number of anilines is 2. The number of carbonyl (C=O) groups is 2. The van der Waals surface area contributed by atoms with Crippen LogP contribution in [0.3, 0.4) is 0 Å². The number of hydrogen-bond donors (Lipinski definition) is 2. The Labute approximate surface area is 201 Å². The molecule has 0 saturated heterocycles. The molecule has 0 spiro atoms. The van der Waals surface area contributed by atoms with Crippen LogP contribution >= 0.6 is 11.3 Å². The van der Waals surface area contributed by atoms with E-state index in [1.54, 1.807) is 47.7 Å². The van der Waals surface area contributed by atoms with Gasteiger partial charge in [-0.3, -0.25) is 14.5 Å². The van der Waals surface area contributed by atoms with E-state index in [4.69, 9.17) is 9.47 Å². The molecule has 0 unspecified atom stereocenters. The maximum atomic E-state index is 13.1. The molecule has 3 rings (SSSR count). The summed E-state index contributed by atoms with van der Waals surface area (Å²) in [7, 11) is 1.68. The summed E-state index contributed by atoms with van der Waals surface area (Å²) in [5.74, 6) is 0.279. The Hall–Kier alpha value is -3.50. The van der Waals surface area contributed by atoms with Gasteiger partial charge in [0.1, 0.15) is 5.82 Å². The zero-order chi connectivity index (χ0) is 24.5. The molecule has 3 aromatic rings. The molecule has 0 aliphatic heterocycles. The van der Waals surface area contributed by atoms with Gasteiger partial charge in [-0.25, -0.2) is 9.37 Å². The first-order chi connectivity index (χ1) is 16.4. The van der Waals surface area contributed by atoms with Gasteiger partial charge in [0.15, 0.2) is 16.6 Å². The van der Waals surface area contributed by atoms with Gasteiger partial charge < -0.3 is 20.1 Å². The van der Waals surface area contributed by atoms with E-state index in [0.29, 0.717) is 41.2 Å². The van der Waals surface area contributed by atoms with Crippen LogP contribution in [0, 0.1) is 5.82 Å². The van der Waals surface area contributed by atoms with Crippen LogP contribution in [0.25, 0.3) is 11.3 Å². The minimum absolute atomic E-state index is 0.00630. The lowest BCUT2D eigenvalue weighted by Crippen LogP contribution is -2.36. The Morgan fingerprint density at radius 3 is 2.29 bits per heavy atom. The number of halogens is 1. The van der Waals surface area contributed by atoms with Crippen LogP contribution in [-0.2, 0) is 9.59 Å². The molecule has 0 atom stereocenters. The molecular formula is C24H27FN4O4S. The predicted molar refractivity (Wildman–Crippen MR) is 131 cm³/mol. The average molecular weight is 487 g/mol. The van der Waals surface area contributed by atoms with Crippen molar-refractivity contribution in [3.05, 3.63) is 53.7 Å². The third-order valence-electron chi connectivity index (χ3n) is 4.54. The summed E-state index contributed by atoms with van der Waals surface area (Å²) in [6.07, 6.45) is 0. The van der Waals surface area contributed by atoms with Crippen molar-refractivity contribution in [2.75, 3.05) is 44.0 Å². The minimum Gasteiger partial charge on any atom is -0.490 e. The fourth-order valence-electron chi connectivity index (χ4n) is 3.12. The summed E-state index contributed by atoms with van der Waals surface area (Å²) >= 11 is 1.27. The van der Waals surface area contributed by atoms with E-state index in [1.165, 1.54) is 23.5 Å². The molecule has 0 radical (unpaired) electrons. The Morgan fingerprint density at radius 1 is 0.971 bits per heavy atom. The lowest BCUT2D eigenvalue weighted by atomic mass is 10.2. The maximum absolute atomic E-state index is 13.1. The van der Waals surface area contributed by atoms with Gasteiger partial charge in [-0.1, -0.05) is 0 Å². The molecule has 0 saturated carbocycles. The predicted octanol–water partition coefficient (Wildman–Crippen LogP) is 4.26. The van der Waals surface area contributed by atoms with Gasteiger partial charge >= 0.3 is 0 Å². The number of likely N-dealkylation sites (N-methyl/N-ethyl adjacent to an activating group) is 1. The van der Waals surface area contributed by atoms with E-state index >= 15 is 0 Å². The highest BCUT2D eigenvalue weighted by atomic mass is 32.1. The molecule has 34 heavy (non-hydrogen) atoms. The number of carbonyl (C=O) groups excluding carboxylic acids is 2. The second kappa shape index (κ2) is 12.1. The Morgan fingerprint density at radius 2 is 1.62 bits per heavy atom. The van der Waals surface area contributed by atoms with Crippen molar-refractivity contribution in [2.24, 2.45) is 0 Å². The van der Waals surface area contributed by atoms with Crippen molar-refractivity contribution >= 4 is 34.0 Å². The molecule has 1 heterocycles. The molecule has 180 valence electrons. The molecule has 2 amide bonds. The van der Waals surface area contributed by atoms with Crippen molar-refractivity contribution in [1.82, 2.24) is 9.88 Å². The number of hydrogen-bond acceptors (Lipinski definition) is 7. The van der Waals surface area contributed by atoms with Crippen molar-refractivity contribution in [1.29, 1.82) is 0 Å². The summed E-state index contributed by atoms with van der Waals surface area (Å²) in [5.41, 5.74) is 1.98. The van der Waals surface area contributed by atoms with Gasteiger partial charge in [-0.15, -0.1) is 11.3 Å². The summed E-state index contributed by atoms with van der Waals surface area (Å²) in [6, 6.07) is 11.2. The van der Waals surface area contributed by atoms with Gasteiger partial charge in [0.2, 0.25) is 11.8 Å². The van der Waals surface area contributed by atoms with Crippen LogP contribution in [-0.4, -0.2) is 55.0 Å². The van der Waals surface area contributed by atoms with Crippen LogP contribution in [0.1, 0.15) is 13.8 Å². The highest BCUT2D eigenvalue weighted by Gasteiger charge is 2.14. The highest BCUT2D eigenvalue weighted by Crippen LogP contribution is 2.30. The smallest absolute Gasteiger partial charge is 0.240 e. The number of thiazole rings is 1. The maximum Gasteiger partial charge on any atom is 0.240 e. The summed E-state index contributed by atoms with van der Waals surface area (Å²) < 4.78 is 24.2. The minimum atomic E-state index is -0.322. The van der Waals surface area contributed by atoms with Crippen LogP contribution in [0.15, 0.2) is 47.8 Å². The van der Waals surface area contributed by atoms with Crippen LogP contribution < -0.4 is 20.1 Å². The second-order valence-corrected chi connectivity index (χ2v) is 8.20. The van der Waals surface area contributed by atoms with Crippen LogP contribution in [0.4, 0.5) is 15.2 Å². The van der Waals surface area contributed by atoms with Crippen LogP contribution in [0.5, 0.6) is 11.5 Å². The lowest BCUT2D eigenvalue weighted by Gasteiger charge is -2.16. The van der Waals surface area contributed by atoms with Crippen molar-refractivity contribution in [2.45, 2.75) is 13.8 Å². The molecule has 0 bridgehead atoms. The molecule has 2 N–H and O–H groups in total. The lowest BCUT2D eigenvalue weighted by molar-refractivity contribution is -0.119. The molecule has 10 heteroatoms. The van der Waals surface area contributed by atoms with E-state index in [9.17, 15) is 14.0 Å². The molecule has 8 nitrogen and oxygen atoms in total. The topological polar surface area (TPSA) is 92.8 Å². The van der Waals surface area contributed by atoms with Crippen molar-refractivity contribution in [3.63, 3.8) is 0 Å². The van der Waals surface area contributed by atoms with E-state index in [0.717, 1.165) is 5.56 Å². The monoisotopic (exact) mass is 486 g/mol. The molecule has 0 fully saturated rings. The quantitative estimate of drug-likeness (QED) is 0.421. The second-order valence-electron chi connectivity index (χ2n) is 7.34. The molecule has 0 aliphatic rings. The third-order valence-corrected chi connectivity index (χ3v) is 5.30. The first-order valence-electron chi connectivity index (χ1n) is 10.8. The zero-order valence-corrected chi connectivity index (χ0v) is 20.1. The zero-order valence-electron chi connectivity index (χ0n) is 19.3. The number of aromatic nitrogens is 1. The highest BCUT2D eigenvalue weighted by molar-refractivity contribution is 7.14. The van der Waals surface area contributed by atoms with Gasteiger partial charge in [-0.05, 0) is 57.3 Å². The Bertz CT molecular complexity index is 1120. The normalized spacial score (nSPS) is 10.7. The first-order valence-corrected chi connectivity index (χ1v) is 11.6. The van der Waals surface area contributed by atoms with E-state index < -0.39 is 0 Å². The van der Waals surface area contributed by atoms with Crippen molar-refractivity contribution < 1.29 is 23.5 Å². The number of ether oxygens (including phenoxy) is 2. The molecule has 1 aromatic heterocycles. The largest absolute Gasteiger partial charge is 0.490 e. The number of amides is 2. The van der Waals surface area contributed by atoms with Gasteiger partial charge in [0.25, 0.3) is 0 Å². The summed E-state index contributed by atoms with van der Waals surface area (Å²) in [4.78, 5) is 30.8. The summed E-state index contributed by atoms with van der Waals surface area (Å²) in [5, 5.41) is 7.75. The number of rotatable bonds is 11. The molecule has 2 aromatic carbocycles. The average Bonchev–Trinajstić information content (AvgIpc) is 3.24. The standard InChI is InChI=1S/C24H27FN4O4S/c1-4-32-20-11-10-18(12-21(20)33-5-2)26-22(30)13-29(3)14-23(31)28-24-27-19(15-34-24)16-6-8-17(25)9-7-16/h6-12,15H,4-5,13-14H2,1-3H3,(H,26,30)(H,27,28,31). The van der Waals surface area contributed by atoms with Gasteiger partial charge in [0.05, 0.1) is 32.0 Å². The first kappa shape index (κ1) is 25.1. The fraction of sp³-hybridized carbons (Fsp3) is 0.292. The number of benzene rings is 2. The number of nitrogens with one attached hydrogen (secondary N) is 2. The van der Waals surface area contributed by atoms with E-state index in [2.05, 4.69) is 15.6 Å².